The normalized spacial score (nSPS) is 22.0. The molecule has 0 radical (unpaired) electrons. The van der Waals surface area contributed by atoms with Gasteiger partial charge in [-0.2, -0.15) is 0 Å². The molecule has 1 amide bonds. The van der Waals surface area contributed by atoms with E-state index >= 15 is 0 Å². The van der Waals surface area contributed by atoms with Crippen molar-refractivity contribution in [3.8, 4) is 5.75 Å². The van der Waals surface area contributed by atoms with E-state index in [-0.39, 0.29) is 29.8 Å². The van der Waals surface area contributed by atoms with Crippen LogP contribution < -0.4 is 4.74 Å². The zero-order chi connectivity index (χ0) is 20.5. The fourth-order valence-electron chi connectivity index (χ4n) is 3.89. The van der Waals surface area contributed by atoms with Gasteiger partial charge >= 0.3 is 0 Å². The second kappa shape index (κ2) is 7.97. The Morgan fingerprint density at radius 1 is 1.07 bits per heavy atom. The molecular weight excluding hydrogens is 389 g/mol. The molecule has 30 heavy (non-hydrogen) atoms. The molecule has 0 spiro atoms. The third kappa shape index (κ3) is 3.71. The first kappa shape index (κ1) is 18.9. The highest BCUT2D eigenvalue weighted by Gasteiger charge is 2.40. The van der Waals surface area contributed by atoms with Crippen molar-refractivity contribution >= 4 is 16.7 Å². The number of aromatic nitrogens is 2. The Morgan fingerprint density at radius 3 is 2.63 bits per heavy atom. The average Bonchev–Trinajstić information content (AvgIpc) is 3.09. The summed E-state index contributed by atoms with van der Waals surface area (Å²) in [5.74, 6) is -0.0556. The van der Waals surface area contributed by atoms with E-state index in [1.54, 1.807) is 17.3 Å². The third-order valence-corrected chi connectivity index (χ3v) is 5.38. The predicted molar refractivity (Wildman–Crippen MR) is 106 cm³/mol. The Balaban J connectivity index is 1.23. The van der Waals surface area contributed by atoms with Gasteiger partial charge in [0.05, 0.1) is 25.0 Å². The number of halogens is 1. The minimum absolute atomic E-state index is 0.220. The van der Waals surface area contributed by atoms with E-state index in [0.29, 0.717) is 26.3 Å². The van der Waals surface area contributed by atoms with Gasteiger partial charge in [0.1, 0.15) is 29.9 Å². The highest BCUT2D eigenvalue weighted by molar-refractivity contribution is 5.94. The molecule has 1 aromatic carbocycles. The van der Waals surface area contributed by atoms with Crippen LogP contribution in [0.15, 0.2) is 55.1 Å². The molecule has 2 atom stereocenters. The van der Waals surface area contributed by atoms with Crippen molar-refractivity contribution < 1.29 is 23.4 Å². The molecule has 4 heterocycles. The van der Waals surface area contributed by atoms with Crippen LogP contribution in [0.1, 0.15) is 10.4 Å². The molecule has 8 heteroatoms. The van der Waals surface area contributed by atoms with Gasteiger partial charge in [-0.05, 0) is 18.2 Å². The van der Waals surface area contributed by atoms with Crippen LogP contribution >= 0.6 is 0 Å². The van der Waals surface area contributed by atoms with E-state index in [4.69, 9.17) is 14.2 Å². The van der Waals surface area contributed by atoms with Crippen molar-refractivity contribution in [3.05, 3.63) is 66.5 Å². The van der Waals surface area contributed by atoms with Crippen LogP contribution in [-0.4, -0.2) is 65.4 Å². The second-order valence-electron chi connectivity index (χ2n) is 7.44. The Labute approximate surface area is 172 Å². The molecule has 0 unspecified atom stereocenters. The van der Waals surface area contributed by atoms with Crippen LogP contribution in [0.3, 0.4) is 0 Å². The lowest BCUT2D eigenvalue weighted by Crippen LogP contribution is -2.33. The number of nitrogens with zero attached hydrogens (tertiary/aromatic N) is 3. The first-order chi connectivity index (χ1) is 14.7. The van der Waals surface area contributed by atoms with Crippen LogP contribution in [0.25, 0.3) is 10.8 Å². The van der Waals surface area contributed by atoms with E-state index in [1.165, 1.54) is 12.3 Å². The third-order valence-electron chi connectivity index (χ3n) is 5.38. The zero-order valence-electron chi connectivity index (χ0n) is 16.1. The van der Waals surface area contributed by atoms with Gasteiger partial charge in [-0.3, -0.25) is 14.8 Å². The quantitative estimate of drug-likeness (QED) is 0.662. The number of carbonyl (C=O) groups excluding carboxylic acids is 1. The van der Waals surface area contributed by atoms with Gasteiger partial charge in [-0.15, -0.1) is 0 Å². The molecule has 2 saturated heterocycles. The molecule has 2 aliphatic rings. The number of benzene rings is 1. The van der Waals surface area contributed by atoms with E-state index in [9.17, 15) is 9.18 Å². The zero-order valence-corrected chi connectivity index (χ0v) is 16.1. The summed E-state index contributed by atoms with van der Waals surface area (Å²) < 4.78 is 31.6. The van der Waals surface area contributed by atoms with Gasteiger partial charge < -0.3 is 19.1 Å². The summed E-state index contributed by atoms with van der Waals surface area (Å²) in [5.41, 5.74) is 0.220. The Kier molecular flexibility index (Phi) is 5.02. The van der Waals surface area contributed by atoms with E-state index in [0.717, 1.165) is 22.7 Å². The number of amides is 1. The standard InChI is InChI=1S/C22H20FN3O4/c23-16-6-15(8-25-9-16)22(27)26-10-20-21(11-26)29-13-17(12-28-20)30-19-3-1-2-14-7-24-5-4-18(14)19/h1-9,17,20-21H,10-13H2/t20-,21-/m0/s1. The van der Waals surface area contributed by atoms with Crippen molar-refractivity contribution in [3.63, 3.8) is 0 Å². The van der Waals surface area contributed by atoms with Crippen LogP contribution in [0.4, 0.5) is 4.39 Å². The number of hydrogen-bond acceptors (Lipinski definition) is 6. The van der Waals surface area contributed by atoms with Gasteiger partial charge in [0.2, 0.25) is 0 Å². The average molecular weight is 409 g/mol. The molecule has 0 bridgehead atoms. The molecule has 2 aromatic heterocycles. The lowest BCUT2D eigenvalue weighted by molar-refractivity contribution is -0.00461. The van der Waals surface area contributed by atoms with Gasteiger partial charge in [-0.1, -0.05) is 12.1 Å². The summed E-state index contributed by atoms with van der Waals surface area (Å²) in [4.78, 5) is 22.1. The summed E-state index contributed by atoms with van der Waals surface area (Å²) in [7, 11) is 0. The molecule has 3 aromatic rings. The summed E-state index contributed by atoms with van der Waals surface area (Å²) in [5, 5.41) is 1.99. The van der Waals surface area contributed by atoms with Crippen molar-refractivity contribution in [2.45, 2.75) is 18.3 Å². The number of fused-ring (bicyclic) bond motifs is 2. The Morgan fingerprint density at radius 2 is 1.87 bits per heavy atom. The molecule has 5 rings (SSSR count). The first-order valence-corrected chi connectivity index (χ1v) is 9.80. The van der Waals surface area contributed by atoms with Crippen LogP contribution in [0.2, 0.25) is 0 Å². The highest BCUT2D eigenvalue weighted by atomic mass is 19.1. The number of ether oxygens (including phenoxy) is 3. The topological polar surface area (TPSA) is 73.8 Å². The van der Waals surface area contributed by atoms with Gasteiger partial charge in [0, 0.05) is 42.5 Å². The largest absolute Gasteiger partial charge is 0.485 e. The van der Waals surface area contributed by atoms with E-state index in [2.05, 4.69) is 9.97 Å². The van der Waals surface area contributed by atoms with Crippen molar-refractivity contribution in [2.24, 2.45) is 0 Å². The van der Waals surface area contributed by atoms with E-state index in [1.807, 2.05) is 24.3 Å². The first-order valence-electron chi connectivity index (χ1n) is 9.80. The molecule has 7 nitrogen and oxygen atoms in total. The number of likely N-dealkylation sites (tertiary alicyclic amines) is 1. The van der Waals surface area contributed by atoms with Gasteiger partial charge in [0.15, 0.2) is 0 Å². The summed E-state index contributed by atoms with van der Waals surface area (Å²) in [6.45, 7) is 1.47. The van der Waals surface area contributed by atoms with Crippen molar-refractivity contribution in [1.29, 1.82) is 0 Å². The lowest BCUT2D eigenvalue weighted by atomic mass is 10.1. The van der Waals surface area contributed by atoms with E-state index < -0.39 is 5.82 Å². The Hall–Kier alpha value is -3.10. The fraction of sp³-hybridized carbons (Fsp3) is 0.318. The molecule has 0 saturated carbocycles. The SMILES string of the molecule is O=C(c1cncc(F)c1)N1C[C@@H]2OCC(Oc3cccc4cnccc34)CO[C@H]2C1. The summed E-state index contributed by atoms with van der Waals surface area (Å²) in [6.07, 6.45) is 5.22. The molecule has 2 aliphatic heterocycles. The smallest absolute Gasteiger partial charge is 0.255 e. The molecule has 2 fully saturated rings. The molecular formula is C22H20FN3O4. The predicted octanol–water partition coefficient (Wildman–Crippen LogP) is 2.46. The van der Waals surface area contributed by atoms with Crippen molar-refractivity contribution in [1.82, 2.24) is 14.9 Å². The minimum Gasteiger partial charge on any atom is -0.485 e. The second-order valence-corrected chi connectivity index (χ2v) is 7.44. The van der Waals surface area contributed by atoms with Crippen LogP contribution in [0.5, 0.6) is 5.75 Å². The van der Waals surface area contributed by atoms with Gasteiger partial charge in [0.25, 0.3) is 5.91 Å². The monoisotopic (exact) mass is 409 g/mol. The van der Waals surface area contributed by atoms with Crippen LogP contribution in [0, 0.1) is 5.82 Å². The minimum atomic E-state index is -0.536. The van der Waals surface area contributed by atoms with Gasteiger partial charge in [-0.25, -0.2) is 4.39 Å². The Bertz CT molecular complexity index is 1060. The highest BCUT2D eigenvalue weighted by Crippen LogP contribution is 2.27. The summed E-state index contributed by atoms with van der Waals surface area (Å²) >= 11 is 0. The van der Waals surface area contributed by atoms with Crippen molar-refractivity contribution in [2.75, 3.05) is 26.3 Å². The number of hydrogen-bond donors (Lipinski definition) is 0. The molecule has 0 N–H and O–H groups in total. The maximum atomic E-state index is 13.4. The number of pyridine rings is 2. The molecule has 0 aliphatic carbocycles. The maximum absolute atomic E-state index is 13.4. The summed E-state index contributed by atoms with van der Waals surface area (Å²) in [6, 6.07) is 8.94. The molecule has 154 valence electrons. The number of carbonyl (C=O) groups is 1. The number of rotatable bonds is 3. The van der Waals surface area contributed by atoms with Crippen LogP contribution in [-0.2, 0) is 9.47 Å². The maximum Gasteiger partial charge on any atom is 0.255 e. The fourth-order valence-corrected chi connectivity index (χ4v) is 3.89. The lowest BCUT2D eigenvalue weighted by Gasteiger charge is -2.20.